The molecule has 6 aliphatic rings. The van der Waals surface area contributed by atoms with Gasteiger partial charge in [0.2, 0.25) is 35.4 Å². The van der Waals surface area contributed by atoms with E-state index in [-0.39, 0.29) is 59.3 Å². The Morgan fingerprint density at radius 2 is 0.904 bits per heavy atom. The van der Waals surface area contributed by atoms with Crippen molar-refractivity contribution in [3.05, 3.63) is 106 Å². The minimum absolute atomic E-state index is 0.212. The Morgan fingerprint density at radius 1 is 0.553 bits per heavy atom. The summed E-state index contributed by atoms with van der Waals surface area (Å²) in [5, 5.41) is 19.0. The molecule has 3 aromatic carbocycles. The number of benzene rings is 3. The maximum absolute atomic E-state index is 15.0. The molecule has 6 N–H and O–H groups in total. The van der Waals surface area contributed by atoms with Gasteiger partial charge in [-0.1, -0.05) is 125 Å². The van der Waals surface area contributed by atoms with Crippen LogP contribution in [0.25, 0.3) is 0 Å². The van der Waals surface area contributed by atoms with E-state index in [4.69, 9.17) is 33.9 Å². The molecule has 2 aliphatic carbocycles. The van der Waals surface area contributed by atoms with E-state index in [9.17, 15) is 28.8 Å². The average Bonchev–Trinajstić information content (AvgIpc) is 1.57. The van der Waals surface area contributed by atoms with E-state index in [1.807, 2.05) is 100 Å². The van der Waals surface area contributed by atoms with E-state index in [1.165, 1.54) is 9.80 Å². The fraction of sp³-hybridized carbons (Fsp3) is 0.600. The molecule has 94 heavy (non-hydrogen) atoms. The largest absolute Gasteiger partial charge is 0.444 e. The Hall–Kier alpha value is -6.50. The summed E-state index contributed by atoms with van der Waals surface area (Å²) in [6.45, 7) is 22.8. The van der Waals surface area contributed by atoms with Crippen molar-refractivity contribution in [1.82, 2.24) is 51.5 Å². The zero-order valence-electron chi connectivity index (χ0n) is 56.8. The summed E-state index contributed by atoms with van der Waals surface area (Å²) in [6, 6.07) is 17.7. The first kappa shape index (κ1) is 71.8. The van der Waals surface area contributed by atoms with Gasteiger partial charge >= 0.3 is 12.2 Å². The van der Waals surface area contributed by atoms with Crippen molar-refractivity contribution in [1.29, 1.82) is 0 Å². The summed E-state index contributed by atoms with van der Waals surface area (Å²) in [6.07, 6.45) is 3.28. The van der Waals surface area contributed by atoms with E-state index in [0.29, 0.717) is 72.8 Å². The number of hydrogen-bond acceptors (Lipinski definition) is 14. The monoisotopic (exact) mass is 1360 g/mol. The molecule has 4 aliphatic heterocycles. The van der Waals surface area contributed by atoms with Crippen LogP contribution in [0.2, 0.25) is 0 Å². The summed E-state index contributed by atoms with van der Waals surface area (Å²) in [7, 11) is 3.21. The molecule has 9 rings (SSSR count). The molecule has 0 radical (unpaired) electrons. The van der Waals surface area contributed by atoms with Crippen molar-refractivity contribution in [3.63, 3.8) is 0 Å². The molecule has 24 heteroatoms. The maximum Gasteiger partial charge on any atom is 0.410 e. The van der Waals surface area contributed by atoms with E-state index in [1.54, 1.807) is 103 Å². The molecule has 510 valence electrons. The fourth-order valence-corrected chi connectivity index (χ4v) is 17.7. The number of carbonyl (C=O) groups excluding carboxylic acids is 8. The van der Waals surface area contributed by atoms with Gasteiger partial charge in [-0.05, 0) is 162 Å². The van der Waals surface area contributed by atoms with Crippen molar-refractivity contribution < 1.29 is 47.8 Å². The second-order valence-corrected chi connectivity index (χ2v) is 32.9. The van der Waals surface area contributed by atoms with Gasteiger partial charge in [0.1, 0.15) is 35.4 Å². The summed E-state index contributed by atoms with van der Waals surface area (Å²) < 4.78 is 11.1. The highest BCUT2D eigenvalue weighted by Crippen LogP contribution is 2.49. The number of ether oxygens (including phenoxy) is 2. The van der Waals surface area contributed by atoms with Crippen LogP contribution in [0.3, 0.4) is 0 Å². The average molecular weight is 1370 g/mol. The van der Waals surface area contributed by atoms with Gasteiger partial charge in [0.05, 0.1) is 56.7 Å². The molecular formula is C70H96N10O10S4. The molecule has 0 bridgehead atoms. The Labute approximate surface area is 573 Å². The predicted octanol–water partition coefficient (Wildman–Crippen LogP) is 9.02. The number of aryl methyl sites for hydroxylation is 2. The number of amides is 8. The van der Waals surface area contributed by atoms with Gasteiger partial charge in [0.15, 0.2) is 0 Å². The third-order valence-corrected chi connectivity index (χ3v) is 22.7. The van der Waals surface area contributed by atoms with Crippen molar-refractivity contribution in [2.75, 3.05) is 25.6 Å². The number of hydrogen-bond donors (Lipinski definition) is 6. The highest BCUT2D eigenvalue weighted by molar-refractivity contribution is 8.00. The lowest BCUT2D eigenvalue weighted by Crippen LogP contribution is -2.59. The van der Waals surface area contributed by atoms with Crippen LogP contribution in [0.5, 0.6) is 0 Å². The third-order valence-electron chi connectivity index (χ3n) is 19.3. The van der Waals surface area contributed by atoms with E-state index in [0.717, 1.165) is 33.4 Å². The van der Waals surface area contributed by atoms with Gasteiger partial charge in [0.25, 0.3) is 0 Å². The van der Waals surface area contributed by atoms with Crippen LogP contribution in [0, 0.1) is 22.7 Å². The molecule has 0 unspecified atom stereocenters. The molecule has 8 amide bonds. The number of likely N-dealkylation sites (N-methyl/N-ethyl adjacent to an activating group) is 2. The standard InChI is InChI=1S/C70H96N10O10S4/c1-39(77(13)65(87)89-67(3,4)5)61(91)73-49-31-33-93-51-35-69(9,10)55(79(51)63(49)85)59(83)75-53-45-21-17-15-19-43(45)27-29-47(53)57(81)71-37-41-23-25-42(26-24-41)38-72-58(82)48-30-28-44-20-16-18-22-46(44)54(48)76-60(84)56-70(11,12)36-52-80(56)64(86)50(32-34-94-52)74-62(92)40(2)78(14)66(88)90-68(6,7)8/h15-26,39-40,47-56H,27-38H2,1-14H3,(H,71,81)(H,72,82)(H,73,91)(H,74,92)(H,75,83)(H,76,84)/t39-,40-,47+,48+,49-,50-,51-,52-,53-,54-,55+,56+/m0/s1. The number of nitrogens with zero attached hydrogens (tertiary/aromatic N) is 4. The van der Waals surface area contributed by atoms with Gasteiger partial charge in [-0.25, -0.2) is 9.59 Å². The first-order valence-electron chi connectivity index (χ1n) is 32.9. The van der Waals surface area contributed by atoms with Crippen molar-refractivity contribution >= 4 is 106 Å². The molecule has 12 atom stereocenters. The lowest BCUT2D eigenvalue weighted by molar-refractivity contribution is -0.143. The Morgan fingerprint density at radius 3 is 1.26 bits per heavy atom. The molecule has 4 saturated heterocycles. The molecule has 0 aromatic heterocycles. The summed E-state index contributed by atoms with van der Waals surface area (Å²) in [5.41, 5.74) is 2.82. The van der Waals surface area contributed by atoms with Crippen LogP contribution < -0.4 is 31.9 Å². The fourth-order valence-electron chi connectivity index (χ4n) is 13.9. The van der Waals surface area contributed by atoms with Crippen LogP contribution in [-0.2, 0) is 64.2 Å². The van der Waals surface area contributed by atoms with Crippen molar-refractivity contribution in [2.24, 2.45) is 22.7 Å². The van der Waals surface area contributed by atoms with Crippen LogP contribution in [0.4, 0.5) is 9.59 Å². The maximum atomic E-state index is 15.0. The Bertz CT molecular complexity index is 3170. The Kier molecular flexibility index (Phi) is 22.2. The second-order valence-electron chi connectivity index (χ2n) is 29.5. The van der Waals surface area contributed by atoms with Gasteiger partial charge in [-0.2, -0.15) is 0 Å². The highest BCUT2D eigenvalue weighted by atomic mass is 32.2. The third kappa shape index (κ3) is 16.3. The quantitative estimate of drug-likeness (QED) is 0.0733. The van der Waals surface area contributed by atoms with Gasteiger partial charge < -0.3 is 61.0 Å². The normalized spacial score (nSPS) is 26.0. The number of thiocarbonyl (C=S) groups is 2. The van der Waals surface area contributed by atoms with E-state index in [2.05, 4.69) is 31.9 Å². The summed E-state index contributed by atoms with van der Waals surface area (Å²) in [5.74, 6) is -1.53. The predicted molar refractivity (Wildman–Crippen MR) is 374 cm³/mol. The highest BCUT2D eigenvalue weighted by Gasteiger charge is 2.57. The van der Waals surface area contributed by atoms with Crippen molar-refractivity contribution in [3.8, 4) is 0 Å². The zero-order valence-corrected chi connectivity index (χ0v) is 60.1. The minimum atomic E-state index is -0.851. The smallest absolute Gasteiger partial charge is 0.410 e. The minimum Gasteiger partial charge on any atom is -0.444 e. The van der Waals surface area contributed by atoms with Crippen molar-refractivity contribution in [2.45, 2.75) is 218 Å². The number of thioether (sulfide) groups is 2. The number of rotatable bonds is 16. The number of carbonyl (C=O) groups is 8. The summed E-state index contributed by atoms with van der Waals surface area (Å²) >= 11 is 14.9. The molecule has 3 aromatic rings. The molecule has 0 spiro atoms. The van der Waals surface area contributed by atoms with Crippen LogP contribution in [0.1, 0.15) is 167 Å². The van der Waals surface area contributed by atoms with Crippen LogP contribution >= 0.6 is 48.0 Å². The lowest BCUT2D eigenvalue weighted by Gasteiger charge is -2.38. The molecule has 20 nitrogen and oxygen atoms in total. The first-order valence-corrected chi connectivity index (χ1v) is 35.9. The van der Waals surface area contributed by atoms with Crippen LogP contribution in [-0.4, -0.2) is 161 Å². The second kappa shape index (κ2) is 29.1. The first-order chi connectivity index (χ1) is 44.1. The van der Waals surface area contributed by atoms with E-state index < -0.39 is 94.4 Å². The SMILES string of the molecule is C[C@@H](C(=S)N[C@H]1CCS[C@H]2CC(C)(C)[C@@H](C(=O)N[C@H]3c4ccccc4CC[C@H]3C(=O)NCc3ccc(CNC(=O)[C@@H]4CCc5ccccc5[C@@H]4NC(=O)[C@H]4N5C(=O)[C@@H](NC(=S)[C@H](C)N(C)C(=O)OC(C)(C)C)CCS[C@H]5CC4(C)C)cc3)N2C1=O)N(C)C(=O)OC(C)(C)C. The molecule has 0 saturated carbocycles. The number of nitrogens with one attached hydrogen (secondary N) is 6. The van der Waals surface area contributed by atoms with Gasteiger partial charge in [0, 0.05) is 27.2 Å². The topological polar surface area (TPSA) is 240 Å². The summed E-state index contributed by atoms with van der Waals surface area (Å²) in [4.78, 5) is 121. The van der Waals surface area contributed by atoms with Gasteiger partial charge in [-0.3, -0.25) is 28.8 Å². The molecular weight excluding hydrogens is 1270 g/mol. The molecule has 4 heterocycles. The zero-order chi connectivity index (χ0) is 68.5. The van der Waals surface area contributed by atoms with Crippen LogP contribution in [0.15, 0.2) is 72.8 Å². The van der Waals surface area contributed by atoms with E-state index >= 15 is 9.59 Å². The van der Waals surface area contributed by atoms with Gasteiger partial charge in [-0.15, -0.1) is 23.5 Å². The Balaban J connectivity index is 0.827. The molecule has 4 fully saturated rings. The number of fused-ring (bicyclic) bond motifs is 4. The lowest BCUT2D eigenvalue weighted by atomic mass is 9.78.